The Kier molecular flexibility index (Phi) is 3.87. The maximum Gasteiger partial charge on any atom is 0.313 e. The quantitative estimate of drug-likeness (QED) is 0.708. The van der Waals surface area contributed by atoms with Gasteiger partial charge in [-0.3, -0.25) is 4.79 Å². The van der Waals surface area contributed by atoms with Gasteiger partial charge < -0.3 is 4.74 Å². The van der Waals surface area contributed by atoms with Crippen molar-refractivity contribution in [2.75, 3.05) is 6.61 Å². The molecule has 3 nitrogen and oxygen atoms in total. The SMILES string of the molecule is CCOC(=O)[C@H](C)c1ccc(C#N)cc1. The van der Waals surface area contributed by atoms with Crippen molar-refractivity contribution in [3.05, 3.63) is 35.4 Å². The smallest absolute Gasteiger partial charge is 0.313 e. The number of rotatable bonds is 3. The summed E-state index contributed by atoms with van der Waals surface area (Å²) < 4.78 is 4.91. The van der Waals surface area contributed by atoms with Crippen LogP contribution in [0, 0.1) is 11.3 Å². The Balaban J connectivity index is 2.79. The molecule has 1 aromatic carbocycles. The van der Waals surface area contributed by atoms with E-state index in [1.54, 1.807) is 38.1 Å². The highest BCUT2D eigenvalue weighted by atomic mass is 16.5. The van der Waals surface area contributed by atoms with Crippen LogP contribution >= 0.6 is 0 Å². The molecule has 1 aromatic rings. The maximum absolute atomic E-state index is 11.4. The molecule has 1 atom stereocenters. The van der Waals surface area contributed by atoms with Crippen molar-refractivity contribution in [2.24, 2.45) is 0 Å². The van der Waals surface area contributed by atoms with Gasteiger partial charge in [0.05, 0.1) is 24.2 Å². The lowest BCUT2D eigenvalue weighted by atomic mass is 10.0. The minimum absolute atomic E-state index is 0.234. The van der Waals surface area contributed by atoms with E-state index in [2.05, 4.69) is 0 Å². The van der Waals surface area contributed by atoms with Crippen LogP contribution in [-0.2, 0) is 9.53 Å². The first-order chi connectivity index (χ1) is 7.19. The Morgan fingerprint density at radius 2 is 2.07 bits per heavy atom. The molecule has 0 heterocycles. The lowest BCUT2D eigenvalue weighted by Crippen LogP contribution is -2.12. The Labute approximate surface area is 89.3 Å². The fourth-order valence-electron chi connectivity index (χ4n) is 1.25. The van der Waals surface area contributed by atoms with Crippen molar-refractivity contribution in [1.82, 2.24) is 0 Å². The summed E-state index contributed by atoms with van der Waals surface area (Å²) >= 11 is 0. The predicted molar refractivity (Wildman–Crippen MR) is 56.2 cm³/mol. The molecule has 0 aliphatic heterocycles. The van der Waals surface area contributed by atoms with Crippen LogP contribution in [0.2, 0.25) is 0 Å². The van der Waals surface area contributed by atoms with Crippen LogP contribution in [0.4, 0.5) is 0 Å². The van der Waals surface area contributed by atoms with Gasteiger partial charge in [-0.1, -0.05) is 12.1 Å². The first kappa shape index (κ1) is 11.3. The number of ether oxygens (including phenoxy) is 1. The van der Waals surface area contributed by atoms with Gasteiger partial charge in [0.1, 0.15) is 0 Å². The standard InChI is InChI=1S/C12H13NO2/c1-3-15-12(14)9(2)11-6-4-10(8-13)5-7-11/h4-7,9H,3H2,1-2H3/t9-/m1/s1. The van der Waals surface area contributed by atoms with Crippen LogP contribution < -0.4 is 0 Å². The second kappa shape index (κ2) is 5.16. The summed E-state index contributed by atoms with van der Waals surface area (Å²) in [6, 6.07) is 8.99. The first-order valence-corrected chi connectivity index (χ1v) is 4.85. The van der Waals surface area contributed by atoms with Crippen LogP contribution in [0.25, 0.3) is 0 Å². The second-order valence-corrected chi connectivity index (χ2v) is 3.21. The molecule has 0 aliphatic carbocycles. The summed E-state index contributed by atoms with van der Waals surface area (Å²) in [6.45, 7) is 3.96. The topological polar surface area (TPSA) is 50.1 Å². The van der Waals surface area contributed by atoms with Crippen LogP contribution in [0.15, 0.2) is 24.3 Å². The zero-order valence-electron chi connectivity index (χ0n) is 8.86. The number of carbonyl (C=O) groups excluding carboxylic acids is 1. The highest BCUT2D eigenvalue weighted by Gasteiger charge is 2.15. The minimum Gasteiger partial charge on any atom is -0.466 e. The number of hydrogen-bond acceptors (Lipinski definition) is 3. The molecule has 3 heteroatoms. The van der Waals surface area contributed by atoms with Gasteiger partial charge in [-0.2, -0.15) is 5.26 Å². The lowest BCUT2D eigenvalue weighted by Gasteiger charge is -2.10. The molecule has 0 unspecified atom stereocenters. The zero-order valence-corrected chi connectivity index (χ0v) is 8.86. The van der Waals surface area contributed by atoms with Gasteiger partial charge in [0.15, 0.2) is 0 Å². The largest absolute Gasteiger partial charge is 0.466 e. The Bertz CT molecular complexity index is 376. The maximum atomic E-state index is 11.4. The van der Waals surface area contributed by atoms with Gasteiger partial charge in [0, 0.05) is 0 Å². The molecule has 0 bridgehead atoms. The van der Waals surface area contributed by atoms with Crippen LogP contribution in [0.5, 0.6) is 0 Å². The van der Waals surface area contributed by atoms with Gasteiger partial charge >= 0.3 is 5.97 Å². The number of carbonyl (C=O) groups is 1. The monoisotopic (exact) mass is 203 g/mol. The molecule has 1 rings (SSSR count). The van der Waals surface area contributed by atoms with E-state index >= 15 is 0 Å². The number of esters is 1. The van der Waals surface area contributed by atoms with Crippen LogP contribution in [-0.4, -0.2) is 12.6 Å². The summed E-state index contributed by atoms with van der Waals surface area (Å²) in [6.07, 6.45) is 0. The Hall–Kier alpha value is -1.82. The van der Waals surface area contributed by atoms with Gasteiger partial charge in [0.25, 0.3) is 0 Å². The molecule has 0 amide bonds. The van der Waals surface area contributed by atoms with E-state index in [1.807, 2.05) is 6.07 Å². The summed E-state index contributed by atoms with van der Waals surface area (Å²) in [7, 11) is 0. The molecule has 0 saturated heterocycles. The number of nitriles is 1. The van der Waals surface area contributed by atoms with E-state index in [0.29, 0.717) is 12.2 Å². The molecule has 0 aliphatic rings. The molecule has 0 N–H and O–H groups in total. The molecule has 0 aromatic heterocycles. The van der Waals surface area contributed by atoms with E-state index in [-0.39, 0.29) is 11.9 Å². The van der Waals surface area contributed by atoms with Crippen molar-refractivity contribution in [3.8, 4) is 6.07 Å². The van der Waals surface area contributed by atoms with E-state index in [0.717, 1.165) is 5.56 Å². The second-order valence-electron chi connectivity index (χ2n) is 3.21. The van der Waals surface area contributed by atoms with Crippen molar-refractivity contribution in [1.29, 1.82) is 5.26 Å². The summed E-state index contributed by atoms with van der Waals surface area (Å²) in [5.74, 6) is -0.514. The van der Waals surface area contributed by atoms with Crippen molar-refractivity contribution in [2.45, 2.75) is 19.8 Å². The molecule has 0 spiro atoms. The van der Waals surface area contributed by atoms with E-state index in [4.69, 9.17) is 10.00 Å². The van der Waals surface area contributed by atoms with Crippen molar-refractivity contribution in [3.63, 3.8) is 0 Å². The third-order valence-electron chi connectivity index (χ3n) is 2.18. The number of hydrogen-bond donors (Lipinski definition) is 0. The lowest BCUT2D eigenvalue weighted by molar-refractivity contribution is -0.144. The fourth-order valence-corrected chi connectivity index (χ4v) is 1.25. The number of nitrogens with zero attached hydrogens (tertiary/aromatic N) is 1. The third kappa shape index (κ3) is 2.81. The van der Waals surface area contributed by atoms with Crippen LogP contribution in [0.3, 0.4) is 0 Å². The Morgan fingerprint density at radius 3 is 2.53 bits per heavy atom. The average molecular weight is 203 g/mol. The average Bonchev–Trinajstić information content (AvgIpc) is 2.28. The van der Waals surface area contributed by atoms with E-state index in [9.17, 15) is 4.79 Å². The van der Waals surface area contributed by atoms with Gasteiger partial charge in [-0.05, 0) is 31.5 Å². The van der Waals surface area contributed by atoms with Gasteiger partial charge in [0.2, 0.25) is 0 Å². The normalized spacial score (nSPS) is 11.5. The highest BCUT2D eigenvalue weighted by molar-refractivity contribution is 5.77. The zero-order chi connectivity index (χ0) is 11.3. The first-order valence-electron chi connectivity index (χ1n) is 4.85. The van der Waals surface area contributed by atoms with Crippen molar-refractivity contribution >= 4 is 5.97 Å². The van der Waals surface area contributed by atoms with Crippen LogP contribution in [0.1, 0.15) is 30.9 Å². The number of benzene rings is 1. The predicted octanol–water partition coefficient (Wildman–Crippen LogP) is 2.22. The fraction of sp³-hybridized carbons (Fsp3) is 0.333. The molecular formula is C12H13NO2. The highest BCUT2D eigenvalue weighted by Crippen LogP contribution is 2.17. The van der Waals surface area contributed by atoms with Gasteiger partial charge in [-0.25, -0.2) is 0 Å². The Morgan fingerprint density at radius 1 is 1.47 bits per heavy atom. The molecule has 15 heavy (non-hydrogen) atoms. The van der Waals surface area contributed by atoms with E-state index < -0.39 is 0 Å². The third-order valence-corrected chi connectivity index (χ3v) is 2.18. The van der Waals surface area contributed by atoms with Gasteiger partial charge in [-0.15, -0.1) is 0 Å². The molecule has 78 valence electrons. The molecule has 0 radical (unpaired) electrons. The minimum atomic E-state index is -0.280. The van der Waals surface area contributed by atoms with E-state index in [1.165, 1.54) is 0 Å². The summed E-state index contributed by atoms with van der Waals surface area (Å²) in [5, 5.41) is 8.62. The van der Waals surface area contributed by atoms with Crippen molar-refractivity contribution < 1.29 is 9.53 Å². The molecule has 0 fully saturated rings. The molecular weight excluding hydrogens is 190 g/mol. The summed E-state index contributed by atoms with van der Waals surface area (Å²) in [4.78, 5) is 11.4. The molecule has 0 saturated carbocycles. The summed E-state index contributed by atoms with van der Waals surface area (Å²) in [5.41, 5.74) is 1.46.